The normalized spacial score (nSPS) is 12.7. The molecule has 0 saturated heterocycles. The van der Waals surface area contributed by atoms with Gasteiger partial charge in [-0.3, -0.25) is 4.79 Å². The summed E-state index contributed by atoms with van der Waals surface area (Å²) in [5.41, 5.74) is 0.772. The Morgan fingerprint density at radius 1 is 1.22 bits per heavy atom. The topological polar surface area (TPSA) is 98.3 Å². The van der Waals surface area contributed by atoms with Crippen LogP contribution in [0.2, 0.25) is 0 Å². The van der Waals surface area contributed by atoms with E-state index >= 15 is 0 Å². The van der Waals surface area contributed by atoms with Crippen LogP contribution in [-0.4, -0.2) is 46.6 Å². The number of ether oxygens (including phenoxy) is 2. The average Bonchev–Trinajstić information content (AvgIpc) is 3.28. The van der Waals surface area contributed by atoms with Crippen LogP contribution in [0.3, 0.4) is 0 Å². The lowest BCUT2D eigenvalue weighted by Gasteiger charge is -2.17. The highest BCUT2D eigenvalue weighted by Gasteiger charge is 2.16. The Hall–Kier alpha value is -2.37. The summed E-state index contributed by atoms with van der Waals surface area (Å²) >= 11 is 4.13. The molecule has 8 nitrogen and oxygen atoms in total. The predicted octanol–water partition coefficient (Wildman–Crippen LogP) is 3.25. The number of carbonyl (C=O) groups excluding carboxylic acids is 1. The third-order valence-electron chi connectivity index (χ3n) is 3.43. The molecule has 1 aromatic carbocycles. The number of rotatable bonds is 7. The number of nitrogens with one attached hydrogen (secondary N) is 2. The Labute approximate surface area is 167 Å². The molecule has 1 aliphatic heterocycles. The Kier molecular flexibility index (Phi) is 5.41. The number of nitrogens with zero attached hydrogens (tertiary/aromatic N) is 3. The van der Waals surface area contributed by atoms with Crippen LogP contribution in [0.25, 0.3) is 10.2 Å². The molecule has 4 rings (SSSR count). The summed E-state index contributed by atoms with van der Waals surface area (Å²) in [6.07, 6.45) is 1.74. The summed E-state index contributed by atoms with van der Waals surface area (Å²) in [5.74, 6) is 1.48. The summed E-state index contributed by atoms with van der Waals surface area (Å²) in [7, 11) is 0. The van der Waals surface area contributed by atoms with E-state index in [1.807, 2.05) is 12.1 Å². The average molecular weight is 422 g/mol. The molecule has 0 spiro atoms. The van der Waals surface area contributed by atoms with E-state index < -0.39 is 0 Å². The van der Waals surface area contributed by atoms with Gasteiger partial charge in [0, 0.05) is 18.7 Å². The third kappa shape index (κ3) is 4.31. The molecule has 2 N–H and O–H groups in total. The number of hydrogen-bond donors (Lipinski definition) is 2. The van der Waals surface area contributed by atoms with Gasteiger partial charge < -0.3 is 20.1 Å². The fraction of sp³-hybridized carbons (Fsp3) is 0.250. The highest BCUT2D eigenvalue weighted by molar-refractivity contribution is 8.01. The van der Waals surface area contributed by atoms with Gasteiger partial charge in [0.2, 0.25) is 11.0 Å². The Morgan fingerprint density at radius 3 is 2.85 bits per heavy atom. The van der Waals surface area contributed by atoms with E-state index in [9.17, 15) is 4.79 Å². The minimum absolute atomic E-state index is 0.146. The van der Waals surface area contributed by atoms with Gasteiger partial charge in [0.1, 0.15) is 13.2 Å². The molecule has 3 aromatic rings. The fourth-order valence-corrected chi connectivity index (χ4v) is 4.75. The molecule has 0 bridgehead atoms. The number of carbonyl (C=O) groups is 1. The number of thiazole rings is 1. The number of aromatic nitrogens is 3. The number of thioether (sulfide) groups is 1. The largest absolute Gasteiger partial charge is 0.486 e. The van der Waals surface area contributed by atoms with Gasteiger partial charge in [-0.25, -0.2) is 4.98 Å². The van der Waals surface area contributed by atoms with E-state index in [4.69, 9.17) is 9.47 Å². The first-order valence-electron chi connectivity index (χ1n) is 8.02. The quantitative estimate of drug-likeness (QED) is 0.443. The van der Waals surface area contributed by atoms with Crippen molar-refractivity contribution in [3.8, 4) is 11.5 Å². The van der Waals surface area contributed by atoms with Crippen LogP contribution in [0.4, 0.5) is 10.3 Å². The van der Waals surface area contributed by atoms with Gasteiger partial charge in [0.25, 0.3) is 0 Å². The molecule has 2 aromatic heterocycles. The second-order valence-corrected chi connectivity index (χ2v) is 8.59. The maximum absolute atomic E-state index is 12.2. The number of fused-ring (bicyclic) bond motifs is 2. The SMILES string of the molecule is C=CCNc1nnc(SCC(=O)Nc2nc3cc4c(cc3s2)OCCO4)s1. The number of amides is 1. The number of hydrogen-bond acceptors (Lipinski definition) is 10. The molecule has 1 aliphatic rings. The highest BCUT2D eigenvalue weighted by Crippen LogP contribution is 2.37. The zero-order valence-electron chi connectivity index (χ0n) is 14.1. The van der Waals surface area contributed by atoms with Crippen molar-refractivity contribution < 1.29 is 14.3 Å². The summed E-state index contributed by atoms with van der Waals surface area (Å²) in [6.45, 7) is 5.32. The molecule has 0 radical (unpaired) electrons. The van der Waals surface area contributed by atoms with E-state index in [0.29, 0.717) is 41.5 Å². The first-order valence-corrected chi connectivity index (χ1v) is 10.6. The van der Waals surface area contributed by atoms with Gasteiger partial charge in [0.05, 0.1) is 16.0 Å². The van der Waals surface area contributed by atoms with Crippen LogP contribution in [0, 0.1) is 0 Å². The second-order valence-electron chi connectivity index (χ2n) is 5.36. The van der Waals surface area contributed by atoms with Gasteiger partial charge in [-0.2, -0.15) is 0 Å². The number of benzene rings is 1. The van der Waals surface area contributed by atoms with Crippen molar-refractivity contribution in [3.05, 3.63) is 24.8 Å². The molecule has 27 heavy (non-hydrogen) atoms. The van der Waals surface area contributed by atoms with Crippen molar-refractivity contribution >= 4 is 60.8 Å². The van der Waals surface area contributed by atoms with Crippen LogP contribution in [-0.2, 0) is 4.79 Å². The van der Waals surface area contributed by atoms with E-state index in [1.165, 1.54) is 34.4 Å². The zero-order valence-corrected chi connectivity index (χ0v) is 16.5. The molecule has 0 aliphatic carbocycles. The van der Waals surface area contributed by atoms with Crippen LogP contribution in [0.5, 0.6) is 11.5 Å². The van der Waals surface area contributed by atoms with Crippen LogP contribution in [0.1, 0.15) is 0 Å². The van der Waals surface area contributed by atoms with Crippen molar-refractivity contribution in [1.29, 1.82) is 0 Å². The van der Waals surface area contributed by atoms with Crippen molar-refractivity contribution in [2.75, 3.05) is 36.1 Å². The van der Waals surface area contributed by atoms with Crippen LogP contribution >= 0.6 is 34.4 Å². The first kappa shape index (κ1) is 18.0. The van der Waals surface area contributed by atoms with Crippen molar-refractivity contribution in [2.45, 2.75) is 4.34 Å². The molecule has 3 heterocycles. The second kappa shape index (κ2) is 8.11. The van der Waals surface area contributed by atoms with Crippen LogP contribution in [0.15, 0.2) is 29.1 Å². The smallest absolute Gasteiger partial charge is 0.236 e. The fourth-order valence-electron chi connectivity index (χ4n) is 2.30. The minimum Gasteiger partial charge on any atom is -0.486 e. The molecule has 140 valence electrons. The van der Waals surface area contributed by atoms with Crippen molar-refractivity contribution in [2.24, 2.45) is 0 Å². The lowest BCUT2D eigenvalue weighted by atomic mass is 10.3. The summed E-state index contributed by atoms with van der Waals surface area (Å²) in [5, 5.41) is 15.2. The Morgan fingerprint density at radius 2 is 2.04 bits per heavy atom. The molecule has 0 fully saturated rings. The molecule has 0 unspecified atom stereocenters. The molecule has 0 atom stereocenters. The van der Waals surface area contributed by atoms with E-state index in [0.717, 1.165) is 14.6 Å². The minimum atomic E-state index is -0.146. The van der Waals surface area contributed by atoms with Gasteiger partial charge in [-0.15, -0.1) is 16.8 Å². The molecule has 11 heteroatoms. The summed E-state index contributed by atoms with van der Waals surface area (Å²) in [6, 6.07) is 3.73. The number of anilines is 2. The van der Waals surface area contributed by atoms with E-state index in [-0.39, 0.29) is 11.7 Å². The Bertz CT molecular complexity index is 944. The lowest BCUT2D eigenvalue weighted by Crippen LogP contribution is -2.15. The van der Waals surface area contributed by atoms with Gasteiger partial charge in [0.15, 0.2) is 21.0 Å². The standard InChI is InChI=1S/C16H15N5O3S3/c1-2-3-17-14-20-21-16(27-14)25-8-13(22)19-15-18-9-6-10-11(7-12(9)26-15)24-5-4-23-10/h2,6-7H,1,3-5,8H2,(H,17,20)(H,18,19,22). The van der Waals surface area contributed by atoms with Gasteiger partial charge in [-0.1, -0.05) is 40.5 Å². The zero-order chi connectivity index (χ0) is 18.6. The highest BCUT2D eigenvalue weighted by atomic mass is 32.2. The van der Waals surface area contributed by atoms with Gasteiger partial charge >= 0.3 is 0 Å². The molecule has 1 amide bonds. The molecular formula is C16H15N5O3S3. The predicted molar refractivity (Wildman–Crippen MR) is 109 cm³/mol. The molecular weight excluding hydrogens is 406 g/mol. The van der Waals surface area contributed by atoms with Gasteiger partial charge in [-0.05, 0) is 0 Å². The lowest BCUT2D eigenvalue weighted by molar-refractivity contribution is -0.113. The third-order valence-corrected chi connectivity index (χ3v) is 6.38. The van der Waals surface area contributed by atoms with Crippen molar-refractivity contribution in [3.63, 3.8) is 0 Å². The maximum Gasteiger partial charge on any atom is 0.236 e. The summed E-state index contributed by atoms with van der Waals surface area (Å²) < 4.78 is 12.8. The van der Waals surface area contributed by atoms with E-state index in [2.05, 4.69) is 32.4 Å². The monoisotopic (exact) mass is 421 g/mol. The maximum atomic E-state index is 12.2. The van der Waals surface area contributed by atoms with Crippen LogP contribution < -0.4 is 20.1 Å². The first-order chi connectivity index (χ1) is 13.2. The summed E-state index contributed by atoms with van der Waals surface area (Å²) in [4.78, 5) is 16.7. The van der Waals surface area contributed by atoms with Crippen molar-refractivity contribution in [1.82, 2.24) is 15.2 Å². The molecule has 0 saturated carbocycles. The Balaban J connectivity index is 1.36. The van der Waals surface area contributed by atoms with E-state index in [1.54, 1.807) is 6.08 Å².